The number of para-hydroxylation sites is 1. The molecule has 0 aliphatic rings. The number of fused-ring (bicyclic) bond motifs is 1. The predicted octanol–water partition coefficient (Wildman–Crippen LogP) is 2.75. The molecule has 152 valence electrons. The summed E-state index contributed by atoms with van der Waals surface area (Å²) in [5.41, 5.74) is 1.54. The van der Waals surface area contributed by atoms with Crippen molar-refractivity contribution >= 4 is 11.6 Å². The summed E-state index contributed by atoms with van der Waals surface area (Å²) in [6.45, 7) is 2.30. The topological polar surface area (TPSA) is 90.6 Å². The molecular weight excluding hydrogens is 382 g/mol. The van der Waals surface area contributed by atoms with Crippen LogP contribution in [0.3, 0.4) is 0 Å². The van der Waals surface area contributed by atoms with Crippen molar-refractivity contribution < 1.29 is 14.3 Å². The fourth-order valence-electron chi connectivity index (χ4n) is 2.85. The molecule has 30 heavy (non-hydrogen) atoms. The largest absolute Gasteiger partial charge is 0.481 e. The number of rotatable bonds is 8. The second kappa shape index (κ2) is 9.04. The van der Waals surface area contributed by atoms with Gasteiger partial charge in [0.05, 0.1) is 6.54 Å². The smallest absolute Gasteiger partial charge is 0.260 e. The van der Waals surface area contributed by atoms with Gasteiger partial charge in [-0.1, -0.05) is 48.5 Å². The third-order valence-electron chi connectivity index (χ3n) is 4.35. The van der Waals surface area contributed by atoms with Crippen molar-refractivity contribution in [3.63, 3.8) is 0 Å². The van der Waals surface area contributed by atoms with Gasteiger partial charge in [0.1, 0.15) is 12.4 Å². The average Bonchev–Trinajstić information content (AvgIpc) is 3.21. The van der Waals surface area contributed by atoms with Crippen molar-refractivity contribution in [3.05, 3.63) is 72.8 Å². The van der Waals surface area contributed by atoms with E-state index in [1.807, 2.05) is 60.7 Å². The molecule has 8 heteroatoms. The van der Waals surface area contributed by atoms with Crippen molar-refractivity contribution in [2.45, 2.75) is 13.0 Å². The first-order valence-electron chi connectivity index (χ1n) is 9.61. The van der Waals surface area contributed by atoms with Crippen LogP contribution in [0.4, 0.5) is 0 Å². The van der Waals surface area contributed by atoms with Gasteiger partial charge in [-0.05, 0) is 25.1 Å². The SMILES string of the molecule is CC(Oc1ccccc1)C(=O)NCCOc1ccc2nnc(-c3ccccc3)n2n1. The van der Waals surface area contributed by atoms with E-state index in [4.69, 9.17) is 9.47 Å². The molecule has 0 aliphatic carbocycles. The van der Waals surface area contributed by atoms with Crippen molar-refractivity contribution in [2.24, 2.45) is 0 Å². The number of benzene rings is 2. The Balaban J connectivity index is 1.31. The van der Waals surface area contributed by atoms with Crippen LogP contribution < -0.4 is 14.8 Å². The van der Waals surface area contributed by atoms with Gasteiger partial charge in [-0.25, -0.2) is 0 Å². The molecule has 0 saturated heterocycles. The van der Waals surface area contributed by atoms with Gasteiger partial charge < -0.3 is 14.8 Å². The molecular formula is C22H21N5O3. The number of aromatic nitrogens is 4. The Morgan fingerprint density at radius 2 is 1.73 bits per heavy atom. The van der Waals surface area contributed by atoms with Crippen LogP contribution in [0.5, 0.6) is 11.6 Å². The van der Waals surface area contributed by atoms with Gasteiger partial charge >= 0.3 is 0 Å². The summed E-state index contributed by atoms with van der Waals surface area (Å²) in [6.07, 6.45) is -0.604. The second-order valence-corrected chi connectivity index (χ2v) is 6.54. The lowest BCUT2D eigenvalue weighted by atomic mass is 10.2. The molecule has 4 aromatic rings. The number of carbonyl (C=O) groups is 1. The number of hydrogen-bond acceptors (Lipinski definition) is 6. The summed E-state index contributed by atoms with van der Waals surface area (Å²) < 4.78 is 12.9. The van der Waals surface area contributed by atoms with Gasteiger partial charge in [0.25, 0.3) is 5.91 Å². The second-order valence-electron chi connectivity index (χ2n) is 6.54. The molecule has 1 unspecified atom stereocenters. The van der Waals surface area contributed by atoms with Crippen LogP contribution in [0.2, 0.25) is 0 Å². The van der Waals surface area contributed by atoms with Crippen LogP contribution in [-0.4, -0.2) is 45.0 Å². The van der Waals surface area contributed by atoms with Gasteiger partial charge in [0.15, 0.2) is 17.6 Å². The molecule has 8 nitrogen and oxygen atoms in total. The van der Waals surface area contributed by atoms with Gasteiger partial charge in [0, 0.05) is 11.6 Å². The predicted molar refractivity (Wildman–Crippen MR) is 111 cm³/mol. The van der Waals surface area contributed by atoms with E-state index >= 15 is 0 Å². The first-order valence-corrected chi connectivity index (χ1v) is 9.61. The Labute approximate surface area is 173 Å². The Morgan fingerprint density at radius 1 is 1.00 bits per heavy atom. The van der Waals surface area contributed by atoms with Crippen LogP contribution >= 0.6 is 0 Å². The molecule has 0 spiro atoms. The first-order chi connectivity index (χ1) is 14.7. The van der Waals surface area contributed by atoms with Gasteiger partial charge in [-0.15, -0.1) is 15.3 Å². The van der Waals surface area contributed by atoms with E-state index in [2.05, 4.69) is 20.6 Å². The summed E-state index contributed by atoms with van der Waals surface area (Å²) in [5, 5.41) is 15.6. The molecule has 2 aromatic heterocycles. The molecule has 0 fully saturated rings. The van der Waals surface area contributed by atoms with Crippen LogP contribution in [0.25, 0.3) is 17.0 Å². The minimum absolute atomic E-state index is 0.212. The fraction of sp³-hybridized carbons (Fsp3) is 0.182. The zero-order valence-corrected chi connectivity index (χ0v) is 16.4. The van der Waals surface area contributed by atoms with E-state index in [0.29, 0.717) is 29.6 Å². The minimum Gasteiger partial charge on any atom is -0.481 e. The van der Waals surface area contributed by atoms with Crippen molar-refractivity contribution in [3.8, 4) is 23.0 Å². The van der Waals surface area contributed by atoms with Crippen molar-refractivity contribution in [1.29, 1.82) is 0 Å². The van der Waals surface area contributed by atoms with E-state index in [-0.39, 0.29) is 12.5 Å². The van der Waals surface area contributed by atoms with E-state index in [9.17, 15) is 4.79 Å². The van der Waals surface area contributed by atoms with Gasteiger partial charge in [0.2, 0.25) is 5.88 Å². The maximum atomic E-state index is 12.2. The number of nitrogens with one attached hydrogen (secondary N) is 1. The maximum Gasteiger partial charge on any atom is 0.260 e. The van der Waals surface area contributed by atoms with Crippen LogP contribution in [0, 0.1) is 0 Å². The number of hydrogen-bond donors (Lipinski definition) is 1. The maximum absolute atomic E-state index is 12.2. The molecule has 0 saturated carbocycles. The molecule has 2 aromatic carbocycles. The van der Waals surface area contributed by atoms with Gasteiger partial charge in [-0.2, -0.15) is 4.52 Å². The monoisotopic (exact) mass is 403 g/mol. The lowest BCUT2D eigenvalue weighted by Gasteiger charge is -2.14. The summed E-state index contributed by atoms with van der Waals surface area (Å²) in [5.74, 6) is 1.49. The Morgan fingerprint density at radius 3 is 2.50 bits per heavy atom. The van der Waals surface area contributed by atoms with E-state index < -0.39 is 6.10 Å². The number of ether oxygens (including phenoxy) is 2. The summed E-state index contributed by atoms with van der Waals surface area (Å²) in [6, 6.07) is 22.4. The molecule has 1 N–H and O–H groups in total. The fourth-order valence-corrected chi connectivity index (χ4v) is 2.85. The molecule has 2 heterocycles. The minimum atomic E-state index is -0.604. The number of nitrogens with zero attached hydrogens (tertiary/aromatic N) is 4. The zero-order valence-electron chi connectivity index (χ0n) is 16.4. The van der Waals surface area contributed by atoms with E-state index in [1.54, 1.807) is 23.6 Å². The summed E-state index contributed by atoms with van der Waals surface area (Å²) in [7, 11) is 0. The lowest BCUT2D eigenvalue weighted by Crippen LogP contribution is -2.38. The van der Waals surface area contributed by atoms with Gasteiger partial charge in [-0.3, -0.25) is 4.79 Å². The highest BCUT2D eigenvalue weighted by molar-refractivity contribution is 5.80. The van der Waals surface area contributed by atoms with Crippen LogP contribution in [0.15, 0.2) is 72.8 Å². The molecule has 1 amide bonds. The van der Waals surface area contributed by atoms with Crippen molar-refractivity contribution in [1.82, 2.24) is 25.1 Å². The van der Waals surface area contributed by atoms with E-state index in [1.165, 1.54) is 0 Å². The number of carbonyl (C=O) groups excluding carboxylic acids is 1. The zero-order chi connectivity index (χ0) is 20.8. The Bertz CT molecular complexity index is 1120. The summed E-state index contributed by atoms with van der Waals surface area (Å²) in [4.78, 5) is 12.2. The molecule has 0 bridgehead atoms. The third kappa shape index (κ3) is 4.54. The van der Waals surface area contributed by atoms with Crippen LogP contribution in [0.1, 0.15) is 6.92 Å². The highest BCUT2D eigenvalue weighted by Crippen LogP contribution is 2.18. The Hall–Kier alpha value is -3.94. The molecule has 0 aliphatic heterocycles. The number of amides is 1. The third-order valence-corrected chi connectivity index (χ3v) is 4.35. The highest BCUT2D eigenvalue weighted by atomic mass is 16.5. The summed E-state index contributed by atoms with van der Waals surface area (Å²) >= 11 is 0. The standard InChI is InChI=1S/C22H21N5O3/c1-16(30-18-10-6-3-7-11-18)22(28)23-14-15-29-20-13-12-19-24-25-21(27(19)26-20)17-8-4-2-5-9-17/h2-13,16H,14-15H2,1H3,(H,23,28). The highest BCUT2D eigenvalue weighted by Gasteiger charge is 2.14. The quantitative estimate of drug-likeness (QED) is 0.455. The first kappa shape index (κ1) is 19.4. The molecule has 4 rings (SSSR count). The molecule has 1 atom stereocenters. The van der Waals surface area contributed by atoms with Crippen molar-refractivity contribution in [2.75, 3.05) is 13.2 Å². The average molecular weight is 403 g/mol. The lowest BCUT2D eigenvalue weighted by molar-refractivity contribution is -0.127. The van der Waals surface area contributed by atoms with E-state index in [0.717, 1.165) is 5.56 Å². The molecule has 0 radical (unpaired) electrons. The Kier molecular flexibility index (Phi) is 5.84. The normalized spacial score (nSPS) is 11.8. The van der Waals surface area contributed by atoms with Crippen LogP contribution in [-0.2, 0) is 4.79 Å².